The van der Waals surface area contributed by atoms with Crippen LogP contribution in [0.4, 0.5) is 0 Å². The van der Waals surface area contributed by atoms with Crippen molar-refractivity contribution in [2.45, 2.75) is 9.79 Å². The van der Waals surface area contributed by atoms with E-state index in [2.05, 4.69) is 150 Å². The second-order valence-corrected chi connectivity index (χ2v) is 14.7. The Balaban J connectivity index is 1.13. The second-order valence-electron chi connectivity index (χ2n) is 13.6. The normalized spacial score (nSPS) is 12.0. The number of benzene rings is 8. The lowest BCUT2D eigenvalue weighted by molar-refractivity contribution is 1.08. The predicted octanol–water partition coefficient (Wildman–Crippen LogP) is 12.9. The monoisotopic (exact) mass is 706 g/mol. The number of rotatable bonds is 5. The van der Waals surface area contributed by atoms with Gasteiger partial charge < -0.3 is 4.57 Å². The minimum absolute atomic E-state index is 0.656. The highest BCUT2D eigenvalue weighted by molar-refractivity contribution is 7.99. The Morgan fingerprint density at radius 1 is 0.370 bits per heavy atom. The summed E-state index contributed by atoms with van der Waals surface area (Å²) in [6.45, 7) is 0. The van der Waals surface area contributed by atoms with Crippen molar-refractivity contribution in [3.63, 3.8) is 0 Å². The van der Waals surface area contributed by atoms with Gasteiger partial charge in [0, 0.05) is 48.2 Å². The number of aromatic nitrogens is 4. The van der Waals surface area contributed by atoms with Gasteiger partial charge in [0.05, 0.1) is 16.7 Å². The van der Waals surface area contributed by atoms with E-state index >= 15 is 0 Å². The average molecular weight is 707 g/mol. The molecule has 54 heavy (non-hydrogen) atoms. The molecule has 0 unspecified atom stereocenters. The van der Waals surface area contributed by atoms with E-state index in [1.165, 1.54) is 64.9 Å². The van der Waals surface area contributed by atoms with Gasteiger partial charge in [0.15, 0.2) is 17.5 Å². The number of hydrogen-bond acceptors (Lipinski definition) is 4. The van der Waals surface area contributed by atoms with Crippen LogP contribution >= 0.6 is 11.8 Å². The summed E-state index contributed by atoms with van der Waals surface area (Å²) in [5, 5.41) is 4.82. The molecular formula is C49H30N4S. The molecule has 0 aliphatic carbocycles. The Hall–Kier alpha value is -6.82. The molecule has 2 aromatic heterocycles. The first kappa shape index (κ1) is 30.8. The molecule has 3 heterocycles. The molecule has 10 aromatic rings. The lowest BCUT2D eigenvalue weighted by atomic mass is 9.93. The van der Waals surface area contributed by atoms with Crippen LogP contribution < -0.4 is 0 Å². The van der Waals surface area contributed by atoms with Crippen LogP contribution in [0.15, 0.2) is 192 Å². The Kier molecular flexibility index (Phi) is 7.07. The topological polar surface area (TPSA) is 43.6 Å². The van der Waals surface area contributed by atoms with E-state index < -0.39 is 0 Å². The lowest BCUT2D eigenvalue weighted by Gasteiger charge is -2.25. The molecule has 5 heteroatoms. The Morgan fingerprint density at radius 3 is 1.72 bits per heavy atom. The fourth-order valence-electron chi connectivity index (χ4n) is 8.01. The van der Waals surface area contributed by atoms with Crippen molar-refractivity contribution in [2.24, 2.45) is 0 Å². The first-order chi connectivity index (χ1) is 26.8. The van der Waals surface area contributed by atoms with Gasteiger partial charge in [-0.1, -0.05) is 151 Å². The third kappa shape index (κ3) is 4.90. The molecule has 0 amide bonds. The molecule has 0 saturated heterocycles. The van der Waals surface area contributed by atoms with Crippen LogP contribution in [0.1, 0.15) is 0 Å². The molecule has 0 bridgehead atoms. The number of para-hydroxylation sites is 1. The molecule has 0 radical (unpaired) electrons. The fourth-order valence-corrected chi connectivity index (χ4v) is 9.17. The van der Waals surface area contributed by atoms with Gasteiger partial charge in [-0.15, -0.1) is 0 Å². The Bertz CT molecular complexity index is 3010. The van der Waals surface area contributed by atoms with Crippen molar-refractivity contribution in [2.75, 3.05) is 0 Å². The summed E-state index contributed by atoms with van der Waals surface area (Å²) in [5.41, 5.74) is 11.3. The maximum Gasteiger partial charge on any atom is 0.164 e. The molecule has 0 atom stereocenters. The predicted molar refractivity (Wildman–Crippen MR) is 223 cm³/mol. The highest BCUT2D eigenvalue weighted by Crippen LogP contribution is 2.52. The summed E-state index contributed by atoms with van der Waals surface area (Å²) >= 11 is 1.83. The van der Waals surface area contributed by atoms with Crippen molar-refractivity contribution in [3.05, 3.63) is 182 Å². The largest absolute Gasteiger partial charge is 0.309 e. The Labute approximate surface area is 316 Å². The van der Waals surface area contributed by atoms with Gasteiger partial charge in [0.25, 0.3) is 0 Å². The van der Waals surface area contributed by atoms with Gasteiger partial charge in [-0.25, -0.2) is 15.0 Å². The zero-order valence-corrected chi connectivity index (χ0v) is 29.8. The summed E-state index contributed by atoms with van der Waals surface area (Å²) in [7, 11) is 0. The maximum absolute atomic E-state index is 5.12. The zero-order chi connectivity index (χ0) is 35.6. The summed E-state index contributed by atoms with van der Waals surface area (Å²) < 4.78 is 2.46. The van der Waals surface area contributed by atoms with E-state index in [4.69, 9.17) is 15.0 Å². The zero-order valence-electron chi connectivity index (χ0n) is 29.0. The van der Waals surface area contributed by atoms with Crippen LogP contribution in [0.3, 0.4) is 0 Å². The summed E-state index contributed by atoms with van der Waals surface area (Å²) in [6, 6.07) is 64.4. The molecular weight excluding hydrogens is 677 g/mol. The molecule has 252 valence electrons. The third-order valence-corrected chi connectivity index (χ3v) is 11.6. The van der Waals surface area contributed by atoms with E-state index in [0.29, 0.717) is 17.5 Å². The first-order valence-corrected chi connectivity index (χ1v) is 18.9. The van der Waals surface area contributed by atoms with Crippen LogP contribution in [-0.2, 0) is 0 Å². The molecule has 4 nitrogen and oxygen atoms in total. The van der Waals surface area contributed by atoms with E-state index in [1.807, 2.05) is 48.2 Å². The SMILES string of the molecule is c1ccc(-c2ccc3c(c2)c2ccccc2n3-c2cccc3c2-c2cccc4c(-c5nc(-c6ccccc6)nc(-c6ccccc6)n5)ccc(c24)S3)cc1. The summed E-state index contributed by atoms with van der Waals surface area (Å²) in [4.78, 5) is 17.7. The van der Waals surface area contributed by atoms with Crippen molar-refractivity contribution >= 4 is 44.3 Å². The first-order valence-electron chi connectivity index (χ1n) is 18.1. The number of fused-ring (bicyclic) bond motifs is 5. The van der Waals surface area contributed by atoms with E-state index in [0.717, 1.165) is 22.1 Å². The van der Waals surface area contributed by atoms with Gasteiger partial charge in [0.2, 0.25) is 0 Å². The van der Waals surface area contributed by atoms with E-state index in [9.17, 15) is 0 Å². The molecule has 0 saturated carbocycles. The molecule has 0 N–H and O–H groups in total. The molecule has 1 aliphatic heterocycles. The third-order valence-electron chi connectivity index (χ3n) is 10.5. The molecule has 8 aromatic carbocycles. The van der Waals surface area contributed by atoms with Crippen LogP contribution in [0.25, 0.3) is 94.7 Å². The molecule has 11 rings (SSSR count). The van der Waals surface area contributed by atoms with E-state index in [-0.39, 0.29) is 0 Å². The maximum atomic E-state index is 5.12. The van der Waals surface area contributed by atoms with Crippen LogP contribution in [-0.4, -0.2) is 19.5 Å². The van der Waals surface area contributed by atoms with Gasteiger partial charge >= 0.3 is 0 Å². The smallest absolute Gasteiger partial charge is 0.164 e. The lowest BCUT2D eigenvalue weighted by Crippen LogP contribution is -2.03. The number of hydrogen-bond donors (Lipinski definition) is 0. The average Bonchev–Trinajstić information content (AvgIpc) is 3.58. The minimum Gasteiger partial charge on any atom is -0.309 e. The molecule has 1 aliphatic rings. The fraction of sp³-hybridized carbons (Fsp3) is 0. The standard InChI is InChI=1S/C49H30N4S/c1-4-14-31(15-5-1)34-26-28-41-39(30-34)35-20-10-11-23-40(35)53(41)42-24-13-25-43-46(42)38-22-12-21-36-37(27-29-44(54-43)45(36)38)49-51-47(32-16-6-2-7-17-32)50-48(52-49)33-18-8-3-9-19-33/h1-30H. The highest BCUT2D eigenvalue weighted by atomic mass is 32.2. The van der Waals surface area contributed by atoms with Crippen LogP contribution in [0.2, 0.25) is 0 Å². The van der Waals surface area contributed by atoms with E-state index in [1.54, 1.807) is 0 Å². The van der Waals surface area contributed by atoms with Crippen LogP contribution in [0.5, 0.6) is 0 Å². The van der Waals surface area contributed by atoms with Gasteiger partial charge in [-0.05, 0) is 64.5 Å². The van der Waals surface area contributed by atoms with Crippen molar-refractivity contribution in [3.8, 4) is 62.1 Å². The number of nitrogens with zero attached hydrogens (tertiary/aromatic N) is 4. The van der Waals surface area contributed by atoms with Gasteiger partial charge in [-0.3, -0.25) is 0 Å². The highest BCUT2D eigenvalue weighted by Gasteiger charge is 2.26. The quantitative estimate of drug-likeness (QED) is 0.179. The second kappa shape index (κ2) is 12.4. The van der Waals surface area contributed by atoms with Crippen molar-refractivity contribution in [1.29, 1.82) is 0 Å². The summed E-state index contributed by atoms with van der Waals surface area (Å²) in [6.07, 6.45) is 0. The van der Waals surface area contributed by atoms with Gasteiger partial charge in [-0.2, -0.15) is 0 Å². The van der Waals surface area contributed by atoms with Crippen LogP contribution in [0, 0.1) is 0 Å². The summed E-state index contributed by atoms with van der Waals surface area (Å²) in [5.74, 6) is 1.97. The van der Waals surface area contributed by atoms with Gasteiger partial charge in [0.1, 0.15) is 0 Å². The molecule has 0 spiro atoms. The Morgan fingerprint density at radius 2 is 0.981 bits per heavy atom. The van der Waals surface area contributed by atoms with Crippen molar-refractivity contribution in [1.82, 2.24) is 19.5 Å². The minimum atomic E-state index is 0.656. The van der Waals surface area contributed by atoms with Crippen molar-refractivity contribution < 1.29 is 0 Å². The molecule has 0 fully saturated rings.